The third-order valence-electron chi connectivity index (χ3n) is 2.42. The van der Waals surface area contributed by atoms with Gasteiger partial charge in [-0.3, -0.25) is 5.84 Å². The van der Waals surface area contributed by atoms with Crippen molar-refractivity contribution in [1.29, 1.82) is 0 Å². The number of hydrazine groups is 1. The Morgan fingerprint density at radius 1 is 1.15 bits per heavy atom. The minimum Gasteiger partial charge on any atom is -0.324 e. The normalized spacial score (nSPS) is 17.4. The molecule has 0 saturated heterocycles. The van der Waals surface area contributed by atoms with E-state index in [0.29, 0.717) is 0 Å². The lowest BCUT2D eigenvalue weighted by Crippen LogP contribution is -2.18. The number of halogens is 1. The lowest BCUT2D eigenvalue weighted by atomic mass is 10.1. The summed E-state index contributed by atoms with van der Waals surface area (Å²) in [7, 11) is 0. The van der Waals surface area contributed by atoms with Gasteiger partial charge in [0.15, 0.2) is 0 Å². The molecule has 13 heavy (non-hydrogen) atoms. The van der Waals surface area contributed by atoms with E-state index in [-0.39, 0.29) is 17.9 Å². The molecule has 1 fully saturated rings. The van der Waals surface area contributed by atoms with Gasteiger partial charge >= 0.3 is 0 Å². The summed E-state index contributed by atoms with van der Waals surface area (Å²) in [6, 6.07) is 7.95. The summed E-state index contributed by atoms with van der Waals surface area (Å²) >= 11 is 0. The molecule has 3 nitrogen and oxygen atoms in total. The Morgan fingerprint density at radius 2 is 1.69 bits per heavy atom. The number of nitrogens with two attached hydrogens (primary N) is 2. The molecule has 1 aliphatic carbocycles. The van der Waals surface area contributed by atoms with E-state index in [2.05, 4.69) is 5.43 Å². The average Bonchev–Trinajstić information content (AvgIpc) is 2.85. The predicted octanol–water partition coefficient (Wildman–Crippen LogP) is 1.34. The Bertz CT molecular complexity index is 279. The summed E-state index contributed by atoms with van der Waals surface area (Å²) < 4.78 is 0. The first-order valence-electron chi connectivity index (χ1n) is 4.11. The highest BCUT2D eigenvalue weighted by molar-refractivity contribution is 5.85. The van der Waals surface area contributed by atoms with Gasteiger partial charge in [-0.15, -0.1) is 12.4 Å². The zero-order valence-corrected chi connectivity index (χ0v) is 8.10. The predicted molar refractivity (Wildman–Crippen MR) is 56.6 cm³/mol. The third kappa shape index (κ3) is 1.94. The van der Waals surface area contributed by atoms with Gasteiger partial charge in [0.2, 0.25) is 0 Å². The largest absolute Gasteiger partial charge is 0.324 e. The van der Waals surface area contributed by atoms with Crippen LogP contribution in [0.1, 0.15) is 18.4 Å². The van der Waals surface area contributed by atoms with E-state index in [4.69, 9.17) is 11.6 Å². The smallest absolute Gasteiger partial charge is 0.0485 e. The first-order valence-corrected chi connectivity index (χ1v) is 4.11. The molecular weight excluding hydrogens is 186 g/mol. The molecular formula is C9H14ClN3. The monoisotopic (exact) mass is 199 g/mol. The van der Waals surface area contributed by atoms with Gasteiger partial charge in [-0.2, -0.15) is 0 Å². The van der Waals surface area contributed by atoms with Crippen LogP contribution >= 0.6 is 12.4 Å². The van der Waals surface area contributed by atoms with Crippen molar-refractivity contribution in [2.75, 3.05) is 5.43 Å². The summed E-state index contributed by atoms with van der Waals surface area (Å²) in [5.74, 6) is 5.24. The average molecular weight is 200 g/mol. The molecule has 4 heteroatoms. The summed E-state index contributed by atoms with van der Waals surface area (Å²) in [6.07, 6.45) is 2.20. The number of anilines is 1. The van der Waals surface area contributed by atoms with Crippen LogP contribution in [0.25, 0.3) is 0 Å². The minimum atomic E-state index is -0.0346. The van der Waals surface area contributed by atoms with Crippen LogP contribution in [0.3, 0.4) is 0 Å². The van der Waals surface area contributed by atoms with Crippen LogP contribution in [0.15, 0.2) is 24.3 Å². The highest BCUT2D eigenvalue weighted by Crippen LogP contribution is 2.42. The van der Waals surface area contributed by atoms with Crippen molar-refractivity contribution >= 4 is 18.1 Å². The number of nitrogen functional groups attached to an aromatic ring is 1. The van der Waals surface area contributed by atoms with Crippen molar-refractivity contribution in [1.82, 2.24) is 0 Å². The van der Waals surface area contributed by atoms with Gasteiger partial charge < -0.3 is 11.2 Å². The maximum absolute atomic E-state index is 6.01. The summed E-state index contributed by atoms with van der Waals surface area (Å²) in [6.45, 7) is 0. The summed E-state index contributed by atoms with van der Waals surface area (Å²) in [5, 5.41) is 0. The summed E-state index contributed by atoms with van der Waals surface area (Å²) in [5.41, 5.74) is 10.7. The Morgan fingerprint density at radius 3 is 2.08 bits per heavy atom. The fraction of sp³-hybridized carbons (Fsp3) is 0.333. The first kappa shape index (κ1) is 10.3. The van der Waals surface area contributed by atoms with E-state index in [1.165, 1.54) is 5.56 Å². The van der Waals surface area contributed by atoms with E-state index in [9.17, 15) is 0 Å². The third-order valence-corrected chi connectivity index (χ3v) is 2.42. The number of hydrogen-bond acceptors (Lipinski definition) is 3. The number of benzene rings is 1. The minimum absolute atomic E-state index is 0. The van der Waals surface area contributed by atoms with Crippen LogP contribution in [0, 0.1) is 0 Å². The molecule has 0 radical (unpaired) electrons. The maximum Gasteiger partial charge on any atom is 0.0485 e. The zero-order valence-electron chi connectivity index (χ0n) is 7.29. The van der Waals surface area contributed by atoms with Crippen LogP contribution < -0.4 is 17.0 Å². The van der Waals surface area contributed by atoms with Crippen molar-refractivity contribution < 1.29 is 0 Å². The fourth-order valence-electron chi connectivity index (χ4n) is 1.32. The molecule has 0 heterocycles. The Hall–Kier alpha value is -0.770. The van der Waals surface area contributed by atoms with Crippen LogP contribution in [0.5, 0.6) is 0 Å². The molecule has 1 aliphatic rings. The maximum atomic E-state index is 6.01. The van der Waals surface area contributed by atoms with Crippen molar-refractivity contribution in [2.45, 2.75) is 18.4 Å². The number of nitrogens with one attached hydrogen (secondary N) is 1. The molecule has 1 saturated carbocycles. The molecule has 0 unspecified atom stereocenters. The van der Waals surface area contributed by atoms with E-state index in [0.717, 1.165) is 18.5 Å². The fourth-order valence-corrected chi connectivity index (χ4v) is 1.32. The zero-order chi connectivity index (χ0) is 8.60. The van der Waals surface area contributed by atoms with Gasteiger partial charge in [0, 0.05) is 11.2 Å². The Balaban J connectivity index is 0.000000845. The van der Waals surface area contributed by atoms with Crippen molar-refractivity contribution in [2.24, 2.45) is 11.6 Å². The molecule has 72 valence electrons. The van der Waals surface area contributed by atoms with Gasteiger partial charge in [0.1, 0.15) is 0 Å². The highest BCUT2D eigenvalue weighted by atomic mass is 35.5. The van der Waals surface area contributed by atoms with Crippen LogP contribution in [0.2, 0.25) is 0 Å². The summed E-state index contributed by atoms with van der Waals surface area (Å²) in [4.78, 5) is 0. The molecule has 0 spiro atoms. The van der Waals surface area contributed by atoms with Gasteiger partial charge in [-0.25, -0.2) is 0 Å². The molecule has 1 aromatic carbocycles. The molecule has 0 atom stereocenters. The van der Waals surface area contributed by atoms with E-state index in [1.54, 1.807) is 0 Å². The lowest BCUT2D eigenvalue weighted by Gasteiger charge is -2.09. The molecule has 5 N–H and O–H groups in total. The molecule has 2 rings (SSSR count). The standard InChI is InChI=1S/C9H13N3.ClH/c10-9(5-6-9)7-1-3-8(12-11)4-2-7;/h1-4,12H,5-6,10-11H2;1H. The molecule has 0 amide bonds. The Kier molecular flexibility index (Phi) is 2.81. The number of rotatable bonds is 2. The van der Waals surface area contributed by atoms with Crippen molar-refractivity contribution in [3.63, 3.8) is 0 Å². The number of hydrogen-bond donors (Lipinski definition) is 3. The van der Waals surface area contributed by atoms with Gasteiger partial charge in [-0.05, 0) is 30.5 Å². The van der Waals surface area contributed by atoms with E-state index in [1.807, 2.05) is 24.3 Å². The lowest BCUT2D eigenvalue weighted by molar-refractivity contribution is 0.740. The molecule has 0 aliphatic heterocycles. The van der Waals surface area contributed by atoms with Crippen LogP contribution in [0.4, 0.5) is 5.69 Å². The van der Waals surface area contributed by atoms with Gasteiger partial charge in [-0.1, -0.05) is 12.1 Å². The Labute approximate surface area is 83.9 Å². The van der Waals surface area contributed by atoms with Crippen molar-refractivity contribution in [3.05, 3.63) is 29.8 Å². The van der Waals surface area contributed by atoms with E-state index >= 15 is 0 Å². The second-order valence-corrected chi connectivity index (χ2v) is 3.38. The van der Waals surface area contributed by atoms with Crippen LogP contribution in [-0.2, 0) is 5.54 Å². The molecule has 1 aromatic rings. The van der Waals surface area contributed by atoms with Crippen LogP contribution in [-0.4, -0.2) is 0 Å². The van der Waals surface area contributed by atoms with Gasteiger partial charge in [0.25, 0.3) is 0 Å². The van der Waals surface area contributed by atoms with Crippen molar-refractivity contribution in [3.8, 4) is 0 Å². The highest BCUT2D eigenvalue weighted by Gasteiger charge is 2.39. The van der Waals surface area contributed by atoms with Gasteiger partial charge in [0.05, 0.1) is 0 Å². The first-order chi connectivity index (χ1) is 5.74. The van der Waals surface area contributed by atoms with E-state index < -0.39 is 0 Å². The SMILES string of the molecule is Cl.NNc1ccc(C2(N)CC2)cc1. The second kappa shape index (κ2) is 3.54. The second-order valence-electron chi connectivity index (χ2n) is 3.38. The molecule has 0 aromatic heterocycles. The molecule has 0 bridgehead atoms. The topological polar surface area (TPSA) is 64.1 Å². The quantitative estimate of drug-likeness (QED) is 0.498.